The number of ether oxygens (including phenoxy) is 2. The van der Waals surface area contributed by atoms with E-state index >= 15 is 0 Å². The highest BCUT2D eigenvalue weighted by molar-refractivity contribution is 5.87. The van der Waals surface area contributed by atoms with E-state index in [1.807, 2.05) is 0 Å². The Morgan fingerprint density at radius 3 is 3.00 bits per heavy atom. The molecule has 1 saturated heterocycles. The highest BCUT2D eigenvalue weighted by atomic mass is 16.5. The predicted octanol–water partition coefficient (Wildman–Crippen LogP) is -0.447. The first-order valence-corrected chi connectivity index (χ1v) is 5.61. The number of hydrogen-bond acceptors (Lipinski definition) is 7. The number of carboxylic acids is 1. The topological polar surface area (TPSA) is 102 Å². The van der Waals surface area contributed by atoms with E-state index in [9.17, 15) is 9.59 Å². The zero-order valence-electron chi connectivity index (χ0n) is 10.3. The van der Waals surface area contributed by atoms with Crippen LogP contribution in [0.15, 0.2) is 12.4 Å². The van der Waals surface area contributed by atoms with E-state index in [0.29, 0.717) is 19.0 Å². The molecule has 8 heteroatoms. The molecule has 0 aliphatic carbocycles. The summed E-state index contributed by atoms with van der Waals surface area (Å²) in [5.41, 5.74) is 0.0376. The molecule has 0 radical (unpaired) electrons. The summed E-state index contributed by atoms with van der Waals surface area (Å²) >= 11 is 0. The number of morpholine rings is 1. The summed E-state index contributed by atoms with van der Waals surface area (Å²) in [5.74, 6) is -1.31. The van der Waals surface area contributed by atoms with E-state index in [0.717, 1.165) is 0 Å². The van der Waals surface area contributed by atoms with Crippen molar-refractivity contribution in [3.8, 4) is 0 Å². The smallest absolute Gasteiger partial charge is 0.358 e. The molecule has 8 nitrogen and oxygen atoms in total. The summed E-state index contributed by atoms with van der Waals surface area (Å²) in [5, 5.41) is 9.13. The van der Waals surface area contributed by atoms with Crippen molar-refractivity contribution in [1.29, 1.82) is 0 Å². The van der Waals surface area contributed by atoms with Crippen LogP contribution < -0.4 is 4.90 Å². The van der Waals surface area contributed by atoms with Gasteiger partial charge in [0.1, 0.15) is 5.82 Å². The summed E-state index contributed by atoms with van der Waals surface area (Å²) in [6.07, 6.45) is 2.68. The Hall–Kier alpha value is -2.22. The Bertz CT molecular complexity index is 493. The van der Waals surface area contributed by atoms with Crippen LogP contribution in [0.2, 0.25) is 0 Å². The second kappa shape index (κ2) is 5.61. The Labute approximate surface area is 109 Å². The minimum Gasteiger partial charge on any atom is -0.480 e. The molecule has 1 atom stereocenters. The van der Waals surface area contributed by atoms with Gasteiger partial charge in [-0.1, -0.05) is 0 Å². The lowest BCUT2D eigenvalue weighted by Crippen LogP contribution is -2.50. The van der Waals surface area contributed by atoms with E-state index in [-0.39, 0.29) is 12.3 Å². The zero-order valence-corrected chi connectivity index (χ0v) is 10.3. The molecule has 0 bridgehead atoms. The number of aromatic nitrogens is 2. The van der Waals surface area contributed by atoms with E-state index in [2.05, 4.69) is 14.7 Å². The summed E-state index contributed by atoms with van der Waals surface area (Å²) in [6, 6.07) is -0.837. The first kappa shape index (κ1) is 13.2. The van der Waals surface area contributed by atoms with E-state index in [1.165, 1.54) is 19.5 Å². The van der Waals surface area contributed by atoms with Crippen LogP contribution >= 0.6 is 0 Å². The number of methoxy groups -OCH3 is 1. The van der Waals surface area contributed by atoms with Crippen molar-refractivity contribution in [1.82, 2.24) is 9.97 Å². The molecule has 1 aromatic heterocycles. The van der Waals surface area contributed by atoms with Crippen LogP contribution in [-0.4, -0.2) is 59.9 Å². The minimum absolute atomic E-state index is 0.0376. The van der Waals surface area contributed by atoms with E-state index < -0.39 is 18.0 Å². The van der Waals surface area contributed by atoms with Crippen LogP contribution in [0.25, 0.3) is 0 Å². The van der Waals surface area contributed by atoms with Crippen molar-refractivity contribution >= 4 is 17.8 Å². The lowest BCUT2D eigenvalue weighted by Gasteiger charge is -2.33. The molecule has 1 aliphatic rings. The molecule has 2 heterocycles. The number of carbonyl (C=O) groups is 2. The van der Waals surface area contributed by atoms with Crippen molar-refractivity contribution in [3.05, 3.63) is 18.1 Å². The summed E-state index contributed by atoms with van der Waals surface area (Å²) in [4.78, 5) is 32.0. The van der Waals surface area contributed by atoms with Gasteiger partial charge in [-0.05, 0) is 0 Å². The van der Waals surface area contributed by atoms with E-state index in [4.69, 9.17) is 9.84 Å². The van der Waals surface area contributed by atoms with Crippen LogP contribution in [-0.2, 0) is 14.3 Å². The average molecular weight is 267 g/mol. The molecule has 1 unspecified atom stereocenters. The van der Waals surface area contributed by atoms with Gasteiger partial charge in [-0.15, -0.1) is 0 Å². The van der Waals surface area contributed by atoms with Crippen molar-refractivity contribution in [2.24, 2.45) is 0 Å². The van der Waals surface area contributed by atoms with Crippen LogP contribution in [0.1, 0.15) is 10.5 Å². The van der Waals surface area contributed by atoms with Crippen molar-refractivity contribution in [3.63, 3.8) is 0 Å². The number of carboxylic acid groups (broad SMARTS) is 1. The molecule has 1 N–H and O–H groups in total. The Morgan fingerprint density at radius 2 is 2.32 bits per heavy atom. The van der Waals surface area contributed by atoms with Crippen LogP contribution in [0, 0.1) is 0 Å². The lowest BCUT2D eigenvalue weighted by atomic mass is 10.2. The molecule has 2 rings (SSSR count). The fourth-order valence-corrected chi connectivity index (χ4v) is 1.78. The first-order valence-electron chi connectivity index (χ1n) is 5.61. The first-order chi connectivity index (χ1) is 9.13. The van der Waals surface area contributed by atoms with Crippen molar-refractivity contribution in [2.75, 3.05) is 31.8 Å². The number of esters is 1. The van der Waals surface area contributed by atoms with E-state index in [1.54, 1.807) is 4.90 Å². The number of anilines is 1. The number of rotatable bonds is 3. The maximum absolute atomic E-state index is 11.4. The second-order valence-corrected chi connectivity index (χ2v) is 3.88. The van der Waals surface area contributed by atoms with Gasteiger partial charge in [-0.3, -0.25) is 4.98 Å². The zero-order chi connectivity index (χ0) is 13.8. The van der Waals surface area contributed by atoms with Crippen LogP contribution in [0.4, 0.5) is 5.82 Å². The molecule has 1 fully saturated rings. The third-order valence-corrected chi connectivity index (χ3v) is 2.72. The van der Waals surface area contributed by atoms with Gasteiger partial charge in [0.25, 0.3) is 0 Å². The standard InChI is InChI=1S/C11H13N3O5/c1-18-11(17)7-4-12-5-9(13-7)14-2-3-19-6-8(14)10(15)16/h4-5,8H,2-3,6H2,1H3,(H,15,16). The number of hydrogen-bond donors (Lipinski definition) is 1. The molecular weight excluding hydrogens is 254 g/mol. The largest absolute Gasteiger partial charge is 0.480 e. The molecule has 102 valence electrons. The van der Waals surface area contributed by atoms with Crippen LogP contribution in [0.3, 0.4) is 0 Å². The van der Waals surface area contributed by atoms with Gasteiger partial charge in [0.2, 0.25) is 0 Å². The van der Waals surface area contributed by atoms with Gasteiger partial charge in [0, 0.05) is 6.54 Å². The molecule has 19 heavy (non-hydrogen) atoms. The Morgan fingerprint density at radius 1 is 1.53 bits per heavy atom. The van der Waals surface area contributed by atoms with Gasteiger partial charge in [0.05, 0.1) is 32.7 Å². The SMILES string of the molecule is COC(=O)c1cncc(N2CCOCC2C(=O)O)n1. The molecular formula is C11H13N3O5. The highest BCUT2D eigenvalue weighted by Gasteiger charge is 2.30. The summed E-state index contributed by atoms with van der Waals surface area (Å²) in [7, 11) is 1.24. The Balaban J connectivity index is 2.29. The third-order valence-electron chi connectivity index (χ3n) is 2.72. The molecule has 1 aromatic rings. The van der Waals surface area contributed by atoms with Crippen molar-refractivity contribution < 1.29 is 24.2 Å². The molecule has 0 spiro atoms. The normalized spacial score (nSPS) is 19.0. The number of carbonyl (C=O) groups excluding carboxylic acids is 1. The maximum Gasteiger partial charge on any atom is 0.358 e. The fraction of sp³-hybridized carbons (Fsp3) is 0.455. The summed E-state index contributed by atoms with van der Waals surface area (Å²) in [6.45, 7) is 0.837. The predicted molar refractivity (Wildman–Crippen MR) is 63.0 cm³/mol. The second-order valence-electron chi connectivity index (χ2n) is 3.88. The fourth-order valence-electron chi connectivity index (χ4n) is 1.78. The van der Waals surface area contributed by atoms with Gasteiger partial charge < -0.3 is 19.5 Å². The van der Waals surface area contributed by atoms with Gasteiger partial charge in [-0.2, -0.15) is 0 Å². The Kier molecular flexibility index (Phi) is 3.91. The van der Waals surface area contributed by atoms with Gasteiger partial charge >= 0.3 is 11.9 Å². The lowest BCUT2D eigenvalue weighted by molar-refractivity contribution is -0.141. The molecule has 0 amide bonds. The third kappa shape index (κ3) is 2.79. The monoisotopic (exact) mass is 267 g/mol. The quantitative estimate of drug-likeness (QED) is 0.735. The highest BCUT2D eigenvalue weighted by Crippen LogP contribution is 2.17. The molecule has 1 aliphatic heterocycles. The number of nitrogens with zero attached hydrogens (tertiary/aromatic N) is 3. The van der Waals surface area contributed by atoms with Crippen LogP contribution in [0.5, 0.6) is 0 Å². The minimum atomic E-state index is -1.01. The molecule has 0 aromatic carbocycles. The van der Waals surface area contributed by atoms with Crippen molar-refractivity contribution in [2.45, 2.75) is 6.04 Å². The van der Waals surface area contributed by atoms with Gasteiger partial charge in [0.15, 0.2) is 11.7 Å². The number of aliphatic carboxylic acids is 1. The molecule has 0 saturated carbocycles. The summed E-state index contributed by atoms with van der Waals surface area (Å²) < 4.78 is 9.68. The maximum atomic E-state index is 11.4. The van der Waals surface area contributed by atoms with Gasteiger partial charge in [-0.25, -0.2) is 14.6 Å². The average Bonchev–Trinajstić information content (AvgIpc) is 2.46.